The zero-order valence-corrected chi connectivity index (χ0v) is 54.1. The fourth-order valence-electron chi connectivity index (χ4n) is 12.0. The van der Waals surface area contributed by atoms with E-state index in [1.54, 1.807) is 0 Å². The molecule has 1 aliphatic rings. The quantitative estimate of drug-likeness (QED) is 0.0335. The number of carbonyl (C=O) groups is 2. The smallest absolute Gasteiger partial charge is 0.249 e. The van der Waals surface area contributed by atoms with E-state index in [-0.39, 0.29) is 23.9 Å². The molecular weight excluding hydrogens is 977 g/mol. The number of amides is 2. The molecule has 0 spiro atoms. The van der Waals surface area contributed by atoms with Gasteiger partial charge in [0.2, 0.25) is 11.8 Å². The predicted octanol–water partition coefficient (Wildman–Crippen LogP) is 20.2. The molecular formula is C71H142N2O6. The molecule has 0 aromatic rings. The van der Waals surface area contributed by atoms with Gasteiger partial charge in [0.1, 0.15) is 12.2 Å². The van der Waals surface area contributed by atoms with E-state index in [2.05, 4.69) is 38.3 Å². The summed E-state index contributed by atoms with van der Waals surface area (Å²) < 4.78 is 0. The molecule has 0 bridgehead atoms. The van der Waals surface area contributed by atoms with Crippen LogP contribution in [-0.2, 0) is 9.59 Å². The van der Waals surface area contributed by atoms with Crippen molar-refractivity contribution in [2.24, 2.45) is 11.8 Å². The van der Waals surface area contributed by atoms with Crippen LogP contribution < -0.4 is 10.6 Å². The van der Waals surface area contributed by atoms with Crippen molar-refractivity contribution in [3.63, 3.8) is 0 Å². The second-order valence-corrected chi connectivity index (χ2v) is 25.6. The van der Waals surface area contributed by atoms with E-state index < -0.39 is 24.4 Å². The summed E-state index contributed by atoms with van der Waals surface area (Å²) in [6.45, 7) is 13.1. The predicted molar refractivity (Wildman–Crippen MR) is 343 cm³/mol. The molecule has 0 aromatic carbocycles. The Bertz CT molecular complexity index is 1250. The third-order valence-electron chi connectivity index (χ3n) is 17.9. The standard InChI is InChI=1S/C37H73NO3.C34H69NO3/c1-4-7-9-11-12-13-14-15-18-22-26-30-36(40)37(41)38-34(6-3)35(39)29-25-21-19-16-17-20-24-28-33-31-32(33)27-23-10-8-5-2;1-4-7-9-11-13-15-17-18-20-21-23-25-27-29-32(36)31(6-3)35-34(38)33(37)30-28-26-24-22-19-16-14-12-10-8-5-2/h32-36,39-40H,4-31H2,1-3H3,(H,38,41);31-33,36-37H,4-30H2,1-3H3,(H,35,38). The zero-order valence-electron chi connectivity index (χ0n) is 54.1. The Hall–Kier alpha value is -1.22. The Morgan fingerprint density at radius 2 is 0.506 bits per heavy atom. The molecule has 8 unspecified atom stereocenters. The zero-order chi connectivity index (χ0) is 58.1. The normalized spacial score (nSPS) is 16.4. The van der Waals surface area contributed by atoms with Crippen molar-refractivity contribution in [1.29, 1.82) is 0 Å². The van der Waals surface area contributed by atoms with Crippen molar-refractivity contribution in [3.8, 4) is 0 Å². The van der Waals surface area contributed by atoms with Crippen LogP contribution in [0, 0.1) is 11.8 Å². The average Bonchev–Trinajstić information content (AvgIpc) is 4.21. The molecule has 79 heavy (non-hydrogen) atoms. The Balaban J connectivity index is 0.00000155. The average molecular weight is 1120 g/mol. The van der Waals surface area contributed by atoms with E-state index in [0.29, 0.717) is 25.7 Å². The van der Waals surface area contributed by atoms with Crippen LogP contribution in [-0.4, -0.2) is 68.7 Å². The monoisotopic (exact) mass is 1120 g/mol. The number of rotatable bonds is 61. The summed E-state index contributed by atoms with van der Waals surface area (Å²) in [4.78, 5) is 24.9. The topological polar surface area (TPSA) is 139 Å². The molecule has 8 nitrogen and oxygen atoms in total. The van der Waals surface area contributed by atoms with Gasteiger partial charge >= 0.3 is 0 Å². The molecule has 0 saturated heterocycles. The molecule has 472 valence electrons. The van der Waals surface area contributed by atoms with E-state index in [1.165, 1.54) is 263 Å². The van der Waals surface area contributed by atoms with Gasteiger partial charge in [0.25, 0.3) is 0 Å². The van der Waals surface area contributed by atoms with Gasteiger partial charge in [-0.05, 0) is 56.8 Å². The number of unbranched alkanes of at least 4 members (excludes halogenated alkanes) is 41. The van der Waals surface area contributed by atoms with Crippen LogP contribution in [0.5, 0.6) is 0 Å². The summed E-state index contributed by atoms with van der Waals surface area (Å²) in [6.07, 6.45) is 64.8. The van der Waals surface area contributed by atoms with Crippen LogP contribution in [0.25, 0.3) is 0 Å². The van der Waals surface area contributed by atoms with Crippen molar-refractivity contribution in [1.82, 2.24) is 10.6 Å². The van der Waals surface area contributed by atoms with Gasteiger partial charge in [-0.3, -0.25) is 9.59 Å². The lowest BCUT2D eigenvalue weighted by molar-refractivity contribution is -0.132. The van der Waals surface area contributed by atoms with Gasteiger partial charge in [-0.2, -0.15) is 0 Å². The van der Waals surface area contributed by atoms with Crippen molar-refractivity contribution in [3.05, 3.63) is 0 Å². The maximum absolute atomic E-state index is 12.5. The summed E-state index contributed by atoms with van der Waals surface area (Å²) in [5, 5.41) is 47.7. The maximum atomic E-state index is 12.5. The first-order chi connectivity index (χ1) is 38.6. The van der Waals surface area contributed by atoms with Gasteiger partial charge in [0, 0.05) is 0 Å². The molecule has 8 atom stereocenters. The van der Waals surface area contributed by atoms with E-state index in [4.69, 9.17) is 0 Å². The van der Waals surface area contributed by atoms with E-state index in [9.17, 15) is 30.0 Å². The highest BCUT2D eigenvalue weighted by molar-refractivity contribution is 5.81. The molecule has 6 N–H and O–H groups in total. The van der Waals surface area contributed by atoms with Crippen LogP contribution in [0.15, 0.2) is 0 Å². The third-order valence-corrected chi connectivity index (χ3v) is 17.9. The molecule has 1 fully saturated rings. The Morgan fingerprint density at radius 3 is 0.747 bits per heavy atom. The van der Waals surface area contributed by atoms with E-state index >= 15 is 0 Å². The lowest BCUT2D eigenvalue weighted by Gasteiger charge is -2.24. The summed E-state index contributed by atoms with van der Waals surface area (Å²) >= 11 is 0. The molecule has 0 aliphatic heterocycles. The van der Waals surface area contributed by atoms with Crippen LogP contribution in [0.2, 0.25) is 0 Å². The highest BCUT2D eigenvalue weighted by Gasteiger charge is 2.35. The number of hydrogen-bond donors (Lipinski definition) is 6. The second kappa shape index (κ2) is 59.9. The molecule has 8 heteroatoms. The van der Waals surface area contributed by atoms with Crippen molar-refractivity contribution in [2.45, 2.75) is 431 Å². The van der Waals surface area contributed by atoms with Crippen LogP contribution in [0.3, 0.4) is 0 Å². The van der Waals surface area contributed by atoms with Crippen LogP contribution in [0.4, 0.5) is 0 Å². The largest absolute Gasteiger partial charge is 0.391 e. The molecule has 0 radical (unpaired) electrons. The first kappa shape index (κ1) is 77.8. The minimum atomic E-state index is -0.953. The molecule has 2 amide bonds. The fourth-order valence-corrected chi connectivity index (χ4v) is 12.0. The Morgan fingerprint density at radius 1 is 0.304 bits per heavy atom. The van der Waals surface area contributed by atoms with Crippen molar-refractivity contribution in [2.75, 3.05) is 0 Å². The number of aliphatic hydroxyl groups excluding tert-OH is 4. The first-order valence-electron chi connectivity index (χ1n) is 35.9. The van der Waals surface area contributed by atoms with Gasteiger partial charge in [-0.25, -0.2) is 0 Å². The number of carbonyl (C=O) groups excluding carboxylic acids is 2. The minimum absolute atomic E-state index is 0.257. The Labute approximate surface area is 493 Å². The van der Waals surface area contributed by atoms with Gasteiger partial charge in [0.15, 0.2) is 0 Å². The lowest BCUT2D eigenvalue weighted by Crippen LogP contribution is -2.47. The summed E-state index contributed by atoms with van der Waals surface area (Å²) in [6, 6.07) is -0.515. The lowest BCUT2D eigenvalue weighted by atomic mass is 9.99. The van der Waals surface area contributed by atoms with Crippen LogP contribution in [0.1, 0.15) is 395 Å². The Kier molecular flexibility index (Phi) is 59.0. The van der Waals surface area contributed by atoms with Gasteiger partial charge < -0.3 is 31.1 Å². The van der Waals surface area contributed by atoms with Gasteiger partial charge in [0.05, 0.1) is 24.3 Å². The molecule has 1 rings (SSSR count). The molecule has 1 saturated carbocycles. The maximum Gasteiger partial charge on any atom is 0.249 e. The highest BCUT2D eigenvalue weighted by atomic mass is 16.3. The third kappa shape index (κ3) is 51.0. The van der Waals surface area contributed by atoms with Gasteiger partial charge in [-0.1, -0.05) is 350 Å². The molecule has 0 aromatic heterocycles. The summed E-state index contributed by atoms with van der Waals surface area (Å²) in [5.74, 6) is 1.49. The fraction of sp³-hybridized carbons (Fsp3) is 0.972. The minimum Gasteiger partial charge on any atom is -0.391 e. The van der Waals surface area contributed by atoms with Crippen molar-refractivity contribution < 1.29 is 30.0 Å². The number of nitrogens with one attached hydrogen (secondary N) is 2. The summed E-state index contributed by atoms with van der Waals surface area (Å²) in [7, 11) is 0. The molecule has 0 heterocycles. The number of aliphatic hydroxyl groups is 4. The highest BCUT2D eigenvalue weighted by Crippen LogP contribution is 2.45. The van der Waals surface area contributed by atoms with Crippen LogP contribution >= 0.6 is 0 Å². The van der Waals surface area contributed by atoms with E-state index in [0.717, 1.165) is 76.0 Å². The molecule has 1 aliphatic carbocycles. The van der Waals surface area contributed by atoms with E-state index in [1.807, 2.05) is 13.8 Å². The summed E-state index contributed by atoms with van der Waals surface area (Å²) in [5.41, 5.74) is 0. The van der Waals surface area contributed by atoms with Crippen molar-refractivity contribution >= 4 is 11.8 Å². The SMILES string of the molecule is CCCCCCCCCCCCCC(O)C(=O)NC(CC)C(O)CCCCCCCCCC1CC1CCCCCC.CCCCCCCCCCCCCCCC(O)C(CC)NC(=O)C(O)CCCCCCCCCCCCC. The first-order valence-corrected chi connectivity index (χ1v) is 35.9. The van der Waals surface area contributed by atoms with Gasteiger partial charge in [-0.15, -0.1) is 0 Å². The number of hydrogen-bond acceptors (Lipinski definition) is 6. The second-order valence-electron chi connectivity index (χ2n) is 25.6.